The molecule has 0 atom stereocenters. The van der Waals surface area contributed by atoms with Gasteiger partial charge in [-0.05, 0) is 18.2 Å². The number of hydrogen-bond acceptors (Lipinski definition) is 5. The Kier molecular flexibility index (Phi) is 6.14. The molecule has 0 spiro atoms. The molecule has 2 heterocycles. The smallest absolute Gasteiger partial charge is 0.260 e. The Hall–Kier alpha value is -1.79. The molecule has 0 saturated carbocycles. The number of ether oxygens (including phenoxy) is 1. The maximum Gasteiger partial charge on any atom is 0.260 e. The lowest BCUT2D eigenvalue weighted by molar-refractivity contribution is -0.133. The van der Waals surface area contributed by atoms with Gasteiger partial charge < -0.3 is 14.5 Å². The molecule has 4 rings (SSSR count). The van der Waals surface area contributed by atoms with Gasteiger partial charge in [0.2, 0.25) is 0 Å². The molecule has 2 fully saturated rings. The largest absolute Gasteiger partial charge is 0.483 e. The van der Waals surface area contributed by atoms with Crippen molar-refractivity contribution in [2.24, 2.45) is 0 Å². The lowest BCUT2D eigenvalue weighted by Gasteiger charge is -2.36. The van der Waals surface area contributed by atoms with Crippen LogP contribution < -0.4 is 9.64 Å². The molecule has 0 unspecified atom stereocenters. The molecule has 6 heteroatoms. The van der Waals surface area contributed by atoms with Gasteiger partial charge in [-0.1, -0.05) is 36.4 Å². The quantitative estimate of drug-likeness (QED) is 0.760. The molecule has 142 valence electrons. The minimum atomic E-state index is 0.0734. The first kappa shape index (κ1) is 18.6. The van der Waals surface area contributed by atoms with Crippen molar-refractivity contribution in [3.05, 3.63) is 60.2 Å². The number of para-hydroxylation sites is 2. The van der Waals surface area contributed by atoms with Crippen molar-refractivity contribution in [3.8, 4) is 5.75 Å². The van der Waals surface area contributed by atoms with Gasteiger partial charge >= 0.3 is 0 Å². The Balaban J connectivity index is 1.31. The average Bonchev–Trinajstić information content (AvgIpc) is 3.28. The zero-order chi connectivity index (χ0) is 18.5. The van der Waals surface area contributed by atoms with Crippen LogP contribution >= 0.6 is 23.5 Å². The SMILES string of the molecule is O=C(COc1ccccc1C1SCCS1)N1CCN(c2ccccc2)CC1. The summed E-state index contributed by atoms with van der Waals surface area (Å²) >= 11 is 3.90. The van der Waals surface area contributed by atoms with Crippen LogP contribution in [0.25, 0.3) is 0 Å². The second kappa shape index (κ2) is 8.93. The van der Waals surface area contributed by atoms with E-state index in [2.05, 4.69) is 35.2 Å². The van der Waals surface area contributed by atoms with Crippen molar-refractivity contribution in [2.75, 3.05) is 49.2 Å². The standard InChI is InChI=1S/C21H24N2O2S2/c24-20(23-12-10-22(11-13-23)17-6-2-1-3-7-17)16-25-19-9-5-4-8-18(19)21-26-14-15-27-21/h1-9,21H,10-16H2. The van der Waals surface area contributed by atoms with E-state index < -0.39 is 0 Å². The Morgan fingerprint density at radius 1 is 0.926 bits per heavy atom. The van der Waals surface area contributed by atoms with Gasteiger partial charge in [-0.15, -0.1) is 23.5 Å². The Morgan fingerprint density at radius 3 is 2.33 bits per heavy atom. The summed E-state index contributed by atoms with van der Waals surface area (Å²) in [5, 5.41) is 0. The highest BCUT2D eigenvalue weighted by Gasteiger charge is 2.24. The average molecular weight is 401 g/mol. The third kappa shape index (κ3) is 4.55. The third-order valence-corrected chi connectivity index (χ3v) is 7.97. The summed E-state index contributed by atoms with van der Waals surface area (Å²) in [6.07, 6.45) is 0. The molecule has 0 N–H and O–H groups in total. The summed E-state index contributed by atoms with van der Waals surface area (Å²) in [7, 11) is 0. The van der Waals surface area contributed by atoms with Crippen molar-refractivity contribution >= 4 is 35.1 Å². The molecular weight excluding hydrogens is 376 g/mol. The second-order valence-electron chi connectivity index (χ2n) is 6.60. The highest BCUT2D eigenvalue weighted by Crippen LogP contribution is 2.48. The molecular formula is C21H24N2O2S2. The van der Waals surface area contributed by atoms with Crippen LogP contribution in [-0.2, 0) is 4.79 Å². The predicted molar refractivity (Wildman–Crippen MR) is 115 cm³/mol. The van der Waals surface area contributed by atoms with Crippen LogP contribution in [0, 0.1) is 0 Å². The first-order chi connectivity index (χ1) is 13.3. The number of hydrogen-bond donors (Lipinski definition) is 0. The van der Waals surface area contributed by atoms with Gasteiger partial charge in [-0.25, -0.2) is 0 Å². The van der Waals surface area contributed by atoms with Gasteiger partial charge in [0.25, 0.3) is 5.91 Å². The number of nitrogens with zero attached hydrogens (tertiary/aromatic N) is 2. The summed E-state index contributed by atoms with van der Waals surface area (Å²) in [5.74, 6) is 3.27. The summed E-state index contributed by atoms with van der Waals surface area (Å²) in [5.41, 5.74) is 2.42. The second-order valence-corrected chi connectivity index (χ2v) is 9.33. The Labute approximate surface area is 169 Å². The van der Waals surface area contributed by atoms with Gasteiger partial charge in [0.1, 0.15) is 5.75 Å². The molecule has 2 aliphatic rings. The fourth-order valence-corrected chi connectivity index (χ4v) is 6.34. The lowest BCUT2D eigenvalue weighted by atomic mass is 10.2. The monoisotopic (exact) mass is 400 g/mol. The molecule has 1 amide bonds. The number of thioether (sulfide) groups is 2. The number of amides is 1. The number of anilines is 1. The van der Waals surface area contributed by atoms with Crippen molar-refractivity contribution < 1.29 is 9.53 Å². The molecule has 0 aromatic heterocycles. The van der Waals surface area contributed by atoms with E-state index in [4.69, 9.17) is 4.74 Å². The molecule has 0 aliphatic carbocycles. The fourth-order valence-electron chi connectivity index (χ4n) is 3.43. The van der Waals surface area contributed by atoms with Gasteiger partial charge in [0.15, 0.2) is 6.61 Å². The van der Waals surface area contributed by atoms with Crippen LogP contribution in [0.2, 0.25) is 0 Å². The van der Waals surface area contributed by atoms with Crippen LogP contribution in [0.15, 0.2) is 54.6 Å². The van der Waals surface area contributed by atoms with E-state index in [9.17, 15) is 4.79 Å². The third-order valence-electron chi connectivity index (χ3n) is 4.90. The van der Waals surface area contributed by atoms with E-state index in [-0.39, 0.29) is 12.5 Å². The number of carbonyl (C=O) groups is 1. The zero-order valence-electron chi connectivity index (χ0n) is 15.3. The van der Waals surface area contributed by atoms with E-state index in [0.717, 1.165) is 31.9 Å². The Morgan fingerprint density at radius 2 is 1.59 bits per heavy atom. The van der Waals surface area contributed by atoms with Crippen molar-refractivity contribution in [1.82, 2.24) is 4.90 Å². The minimum Gasteiger partial charge on any atom is -0.483 e. The van der Waals surface area contributed by atoms with E-state index >= 15 is 0 Å². The molecule has 2 aromatic carbocycles. The molecule has 2 aromatic rings. The van der Waals surface area contributed by atoms with E-state index in [1.54, 1.807) is 0 Å². The van der Waals surface area contributed by atoms with E-state index in [1.807, 2.05) is 52.7 Å². The minimum absolute atomic E-state index is 0.0734. The van der Waals surface area contributed by atoms with Crippen LogP contribution in [0.4, 0.5) is 5.69 Å². The maximum atomic E-state index is 12.6. The summed E-state index contributed by atoms with van der Waals surface area (Å²) in [6, 6.07) is 18.5. The molecule has 2 aliphatic heterocycles. The molecule has 0 radical (unpaired) electrons. The summed E-state index contributed by atoms with van der Waals surface area (Å²) in [4.78, 5) is 16.9. The number of rotatable bonds is 5. The lowest BCUT2D eigenvalue weighted by Crippen LogP contribution is -2.50. The maximum absolute atomic E-state index is 12.6. The first-order valence-electron chi connectivity index (χ1n) is 9.34. The van der Waals surface area contributed by atoms with Crippen LogP contribution in [0.3, 0.4) is 0 Å². The molecule has 2 saturated heterocycles. The highest BCUT2D eigenvalue weighted by molar-refractivity contribution is 8.19. The van der Waals surface area contributed by atoms with Gasteiger partial charge in [-0.2, -0.15) is 0 Å². The highest BCUT2D eigenvalue weighted by atomic mass is 32.2. The predicted octanol–water partition coefficient (Wildman–Crippen LogP) is 3.89. The topological polar surface area (TPSA) is 32.8 Å². The first-order valence-corrected chi connectivity index (χ1v) is 11.4. The van der Waals surface area contributed by atoms with Gasteiger partial charge in [0, 0.05) is 48.9 Å². The number of benzene rings is 2. The molecule has 4 nitrogen and oxygen atoms in total. The van der Waals surface area contributed by atoms with E-state index in [1.165, 1.54) is 22.8 Å². The summed E-state index contributed by atoms with van der Waals surface area (Å²) < 4.78 is 6.37. The fraction of sp³-hybridized carbons (Fsp3) is 0.381. The van der Waals surface area contributed by atoms with Crippen molar-refractivity contribution in [3.63, 3.8) is 0 Å². The Bertz CT molecular complexity index is 758. The zero-order valence-corrected chi connectivity index (χ0v) is 16.9. The normalized spacial score (nSPS) is 17.9. The molecule has 0 bridgehead atoms. The summed E-state index contributed by atoms with van der Waals surface area (Å²) in [6.45, 7) is 3.33. The van der Waals surface area contributed by atoms with Gasteiger partial charge in [-0.3, -0.25) is 4.79 Å². The van der Waals surface area contributed by atoms with Gasteiger partial charge in [0.05, 0.1) is 4.58 Å². The number of piperazine rings is 1. The molecule has 27 heavy (non-hydrogen) atoms. The van der Waals surface area contributed by atoms with Crippen LogP contribution in [0.5, 0.6) is 5.75 Å². The van der Waals surface area contributed by atoms with Crippen molar-refractivity contribution in [2.45, 2.75) is 4.58 Å². The van der Waals surface area contributed by atoms with E-state index in [0.29, 0.717) is 4.58 Å². The number of carbonyl (C=O) groups excluding carboxylic acids is 1. The van der Waals surface area contributed by atoms with Crippen molar-refractivity contribution in [1.29, 1.82) is 0 Å². The van der Waals surface area contributed by atoms with Crippen LogP contribution in [-0.4, -0.2) is 55.1 Å². The van der Waals surface area contributed by atoms with Crippen LogP contribution in [0.1, 0.15) is 10.1 Å².